The molecule has 4 amide bonds. The number of amides is 4. The van der Waals surface area contributed by atoms with Crippen molar-refractivity contribution < 1.29 is 14.4 Å². The number of carbonyl (C=O) groups excluding carboxylic acids is 3. The normalized spacial score (nSPS) is 14.2. The number of carbonyl (C=O) groups is 3. The number of hydrogen-bond acceptors (Lipinski definition) is 3. The van der Waals surface area contributed by atoms with Gasteiger partial charge in [0, 0.05) is 36.6 Å². The Kier molecular flexibility index (Phi) is 4.79. The van der Waals surface area contributed by atoms with E-state index >= 15 is 0 Å². The lowest BCUT2D eigenvalue weighted by atomic mass is 10.1. The zero-order valence-corrected chi connectivity index (χ0v) is 13.3. The summed E-state index contributed by atoms with van der Waals surface area (Å²) in [5.41, 5.74) is 2.31. The van der Waals surface area contributed by atoms with Crippen molar-refractivity contribution in [2.45, 2.75) is 19.3 Å². The molecule has 126 valence electrons. The molecule has 3 N–H and O–H groups in total. The minimum absolute atomic E-state index is 0.0391. The first-order chi connectivity index (χ1) is 11.6. The van der Waals surface area contributed by atoms with Crippen LogP contribution in [0.25, 0.3) is 10.9 Å². The predicted molar refractivity (Wildman–Crippen MR) is 89.4 cm³/mol. The van der Waals surface area contributed by atoms with Crippen LogP contribution in [-0.4, -0.2) is 47.4 Å². The van der Waals surface area contributed by atoms with Gasteiger partial charge in [-0.25, -0.2) is 4.79 Å². The lowest BCUT2D eigenvalue weighted by Gasteiger charge is -2.12. The maximum atomic E-state index is 11.8. The fourth-order valence-electron chi connectivity index (χ4n) is 2.85. The first-order valence-corrected chi connectivity index (χ1v) is 8.05. The average Bonchev–Trinajstić information content (AvgIpc) is 3.13. The van der Waals surface area contributed by atoms with Crippen molar-refractivity contribution in [1.82, 2.24) is 20.5 Å². The van der Waals surface area contributed by atoms with Gasteiger partial charge in [-0.1, -0.05) is 18.2 Å². The molecular formula is C17H20N4O3. The van der Waals surface area contributed by atoms with Gasteiger partial charge < -0.3 is 15.6 Å². The summed E-state index contributed by atoms with van der Waals surface area (Å²) in [5, 5.41) is 6.38. The molecule has 1 aliphatic heterocycles. The van der Waals surface area contributed by atoms with Crippen molar-refractivity contribution in [2.75, 3.05) is 19.6 Å². The maximum absolute atomic E-state index is 11.8. The quantitative estimate of drug-likeness (QED) is 0.666. The van der Waals surface area contributed by atoms with Gasteiger partial charge in [0.2, 0.25) is 11.8 Å². The van der Waals surface area contributed by atoms with Gasteiger partial charge in [-0.15, -0.1) is 0 Å². The van der Waals surface area contributed by atoms with Crippen molar-refractivity contribution >= 4 is 28.7 Å². The first kappa shape index (κ1) is 16.0. The number of H-pyrrole nitrogens is 1. The Bertz CT molecular complexity index is 752. The van der Waals surface area contributed by atoms with Crippen LogP contribution in [0, 0.1) is 0 Å². The largest absolute Gasteiger partial charge is 0.361 e. The molecule has 0 saturated carbocycles. The molecule has 1 aliphatic rings. The molecule has 1 saturated heterocycles. The van der Waals surface area contributed by atoms with Crippen molar-refractivity contribution in [3.8, 4) is 0 Å². The highest BCUT2D eigenvalue weighted by atomic mass is 16.2. The second-order valence-electron chi connectivity index (χ2n) is 5.77. The minimum atomic E-state index is -0.395. The van der Waals surface area contributed by atoms with E-state index in [1.807, 2.05) is 24.4 Å². The highest BCUT2D eigenvalue weighted by Gasteiger charge is 2.27. The molecule has 2 aromatic rings. The van der Waals surface area contributed by atoms with E-state index in [2.05, 4.69) is 21.7 Å². The van der Waals surface area contributed by atoms with Crippen LogP contribution in [0.1, 0.15) is 18.4 Å². The van der Waals surface area contributed by atoms with Crippen LogP contribution in [0.15, 0.2) is 30.5 Å². The third kappa shape index (κ3) is 3.56. The number of imide groups is 1. The van der Waals surface area contributed by atoms with Gasteiger partial charge in [-0.3, -0.25) is 14.5 Å². The molecular weight excluding hydrogens is 308 g/mol. The highest BCUT2D eigenvalue weighted by Crippen LogP contribution is 2.19. The molecule has 24 heavy (non-hydrogen) atoms. The number of aryl methyl sites for hydroxylation is 1. The fourth-order valence-corrected chi connectivity index (χ4v) is 2.85. The molecule has 0 aliphatic carbocycles. The summed E-state index contributed by atoms with van der Waals surface area (Å²) in [6.07, 6.45) is 3.97. The molecule has 3 rings (SSSR count). The monoisotopic (exact) mass is 328 g/mol. The Morgan fingerprint density at radius 3 is 2.88 bits per heavy atom. The zero-order valence-electron chi connectivity index (χ0n) is 13.3. The van der Waals surface area contributed by atoms with Crippen LogP contribution in [0.5, 0.6) is 0 Å². The predicted octanol–water partition coefficient (Wildman–Crippen LogP) is 1.16. The van der Waals surface area contributed by atoms with E-state index in [9.17, 15) is 14.4 Å². The van der Waals surface area contributed by atoms with Crippen LogP contribution < -0.4 is 10.6 Å². The number of benzene rings is 1. The third-order valence-electron chi connectivity index (χ3n) is 4.12. The second-order valence-corrected chi connectivity index (χ2v) is 5.77. The summed E-state index contributed by atoms with van der Waals surface area (Å²) in [5.74, 6) is -0.324. The third-order valence-corrected chi connectivity index (χ3v) is 4.12. The Morgan fingerprint density at radius 1 is 1.25 bits per heavy atom. The Morgan fingerprint density at radius 2 is 2.08 bits per heavy atom. The number of urea groups is 1. The van der Waals surface area contributed by atoms with Crippen LogP contribution in [0.2, 0.25) is 0 Å². The van der Waals surface area contributed by atoms with E-state index in [1.165, 1.54) is 10.9 Å². The SMILES string of the molecule is O=C(CCCc1c[nH]c2ccccc12)NCCN1C(=O)CNC1=O. The van der Waals surface area contributed by atoms with E-state index in [0.29, 0.717) is 6.42 Å². The van der Waals surface area contributed by atoms with Crippen LogP contribution in [0.4, 0.5) is 4.79 Å². The number of aromatic amines is 1. The number of para-hydroxylation sites is 1. The summed E-state index contributed by atoms with van der Waals surface area (Å²) < 4.78 is 0. The maximum Gasteiger partial charge on any atom is 0.324 e. The van der Waals surface area contributed by atoms with Crippen LogP contribution in [0.3, 0.4) is 0 Å². The van der Waals surface area contributed by atoms with E-state index in [1.54, 1.807) is 0 Å². The molecule has 0 bridgehead atoms. The molecule has 0 radical (unpaired) electrons. The molecule has 2 heterocycles. The number of nitrogens with one attached hydrogen (secondary N) is 3. The number of hydrogen-bond donors (Lipinski definition) is 3. The van der Waals surface area contributed by atoms with Crippen molar-refractivity contribution in [3.05, 3.63) is 36.0 Å². The Balaban J connectivity index is 1.38. The van der Waals surface area contributed by atoms with Crippen LogP contribution in [-0.2, 0) is 16.0 Å². The molecule has 0 spiro atoms. The number of nitrogens with zero attached hydrogens (tertiary/aromatic N) is 1. The zero-order chi connectivity index (χ0) is 16.9. The van der Waals surface area contributed by atoms with Gasteiger partial charge in [-0.2, -0.15) is 0 Å². The van der Waals surface area contributed by atoms with E-state index in [0.717, 1.165) is 23.3 Å². The summed E-state index contributed by atoms with van der Waals surface area (Å²) in [4.78, 5) is 38.9. The van der Waals surface area contributed by atoms with Gasteiger partial charge in [0.1, 0.15) is 0 Å². The van der Waals surface area contributed by atoms with Gasteiger partial charge >= 0.3 is 6.03 Å². The van der Waals surface area contributed by atoms with Crippen LogP contribution >= 0.6 is 0 Å². The molecule has 1 aromatic carbocycles. The van der Waals surface area contributed by atoms with Gasteiger partial charge in [0.15, 0.2) is 0 Å². The minimum Gasteiger partial charge on any atom is -0.361 e. The summed E-state index contributed by atoms with van der Waals surface area (Å²) in [6.45, 7) is 0.529. The molecule has 1 fully saturated rings. The van der Waals surface area contributed by atoms with Gasteiger partial charge in [0.05, 0.1) is 6.54 Å². The molecule has 1 aromatic heterocycles. The number of aromatic nitrogens is 1. The lowest BCUT2D eigenvalue weighted by molar-refractivity contribution is -0.126. The van der Waals surface area contributed by atoms with E-state index in [4.69, 9.17) is 0 Å². The van der Waals surface area contributed by atoms with E-state index in [-0.39, 0.29) is 31.4 Å². The number of fused-ring (bicyclic) bond motifs is 1. The topological polar surface area (TPSA) is 94.3 Å². The van der Waals surface area contributed by atoms with Crippen molar-refractivity contribution in [3.63, 3.8) is 0 Å². The fraction of sp³-hybridized carbons (Fsp3) is 0.353. The average molecular weight is 328 g/mol. The smallest absolute Gasteiger partial charge is 0.324 e. The summed E-state index contributed by atoms with van der Waals surface area (Å²) >= 11 is 0. The van der Waals surface area contributed by atoms with Crippen molar-refractivity contribution in [1.29, 1.82) is 0 Å². The summed E-state index contributed by atoms with van der Waals surface area (Å²) in [7, 11) is 0. The van der Waals surface area contributed by atoms with Crippen molar-refractivity contribution in [2.24, 2.45) is 0 Å². The van der Waals surface area contributed by atoms with E-state index < -0.39 is 6.03 Å². The van der Waals surface area contributed by atoms with Gasteiger partial charge in [0.25, 0.3) is 0 Å². The highest BCUT2D eigenvalue weighted by molar-refractivity contribution is 6.01. The summed E-state index contributed by atoms with van der Waals surface area (Å²) in [6, 6.07) is 7.69. The second kappa shape index (κ2) is 7.16. The Labute approximate surface area is 139 Å². The lowest BCUT2D eigenvalue weighted by Crippen LogP contribution is -2.38. The molecule has 0 atom stereocenters. The first-order valence-electron chi connectivity index (χ1n) is 8.05. The molecule has 0 unspecified atom stereocenters. The molecule has 7 heteroatoms. The van der Waals surface area contributed by atoms with Gasteiger partial charge in [-0.05, 0) is 24.5 Å². The molecule has 7 nitrogen and oxygen atoms in total. The number of rotatable bonds is 7. The standard InChI is InChI=1S/C17H20N4O3/c22-15(18-8-9-21-16(23)11-20-17(21)24)7-3-4-12-10-19-14-6-2-1-5-13(12)14/h1-2,5-6,10,19H,3-4,7-9,11H2,(H,18,22)(H,20,24). The Hall–Kier alpha value is -2.83.